The van der Waals surface area contributed by atoms with Crippen molar-refractivity contribution in [3.05, 3.63) is 5.28 Å². The summed E-state index contributed by atoms with van der Waals surface area (Å²) in [4.78, 5) is 12.1. The Morgan fingerprint density at radius 2 is 2.00 bits per heavy atom. The van der Waals surface area contributed by atoms with Gasteiger partial charge >= 0.3 is 0 Å². The van der Waals surface area contributed by atoms with Gasteiger partial charge in [-0.15, -0.1) is 0 Å². The molecular weight excluding hydrogens is 249 g/mol. The van der Waals surface area contributed by atoms with Crippen LogP contribution in [0.25, 0.3) is 0 Å². The van der Waals surface area contributed by atoms with Gasteiger partial charge in [0.1, 0.15) is 0 Å². The highest BCUT2D eigenvalue weighted by atomic mass is 35.5. The monoisotopic (exact) mass is 263 g/mol. The van der Waals surface area contributed by atoms with Gasteiger partial charge < -0.3 is 5.32 Å². The SMILES string of the molecule is CCCN(Cl)c1nc(Cl)nc(NC(C)C)n1. The Hall–Kier alpha value is -0.810. The number of nitrogens with zero attached hydrogens (tertiary/aromatic N) is 4. The average Bonchev–Trinajstić information content (AvgIpc) is 2.15. The molecule has 1 aromatic rings. The van der Waals surface area contributed by atoms with Crippen molar-refractivity contribution in [3.8, 4) is 0 Å². The number of rotatable bonds is 5. The zero-order valence-electron chi connectivity index (χ0n) is 9.54. The lowest BCUT2D eigenvalue weighted by Gasteiger charge is -2.14. The van der Waals surface area contributed by atoms with Crippen LogP contribution in [-0.2, 0) is 0 Å². The number of aromatic nitrogens is 3. The van der Waals surface area contributed by atoms with Gasteiger partial charge in [0, 0.05) is 24.4 Å². The standard InChI is InChI=1S/C9H15Cl2N5/c1-4-5-16(11)9-14-7(10)13-8(15-9)12-6(2)3/h6H,4-5H2,1-3H3,(H,12,13,14,15). The second kappa shape index (κ2) is 6.06. The van der Waals surface area contributed by atoms with Crippen molar-refractivity contribution in [1.29, 1.82) is 0 Å². The molecule has 0 unspecified atom stereocenters. The molecular formula is C9H15Cl2N5. The Bertz CT molecular complexity index is 345. The van der Waals surface area contributed by atoms with Crippen LogP contribution in [0.3, 0.4) is 0 Å². The Kier molecular flexibility index (Phi) is 5.02. The summed E-state index contributed by atoms with van der Waals surface area (Å²) < 4.78 is 1.43. The van der Waals surface area contributed by atoms with E-state index in [1.807, 2.05) is 20.8 Å². The molecule has 16 heavy (non-hydrogen) atoms. The van der Waals surface area contributed by atoms with Gasteiger partial charge in [0.25, 0.3) is 0 Å². The first-order valence-corrected chi connectivity index (χ1v) is 5.86. The molecule has 0 saturated heterocycles. The van der Waals surface area contributed by atoms with Crippen molar-refractivity contribution in [2.75, 3.05) is 16.3 Å². The summed E-state index contributed by atoms with van der Waals surface area (Å²) in [5.41, 5.74) is 0. The van der Waals surface area contributed by atoms with E-state index in [2.05, 4.69) is 20.3 Å². The molecule has 0 aromatic carbocycles. The van der Waals surface area contributed by atoms with Crippen LogP contribution < -0.4 is 9.74 Å². The molecule has 7 heteroatoms. The molecule has 1 heterocycles. The molecule has 1 rings (SSSR count). The van der Waals surface area contributed by atoms with E-state index in [1.54, 1.807) is 0 Å². The molecule has 0 radical (unpaired) electrons. The van der Waals surface area contributed by atoms with E-state index in [-0.39, 0.29) is 11.3 Å². The largest absolute Gasteiger partial charge is 0.352 e. The van der Waals surface area contributed by atoms with E-state index in [9.17, 15) is 0 Å². The summed E-state index contributed by atoms with van der Waals surface area (Å²) in [5, 5.41) is 3.19. The van der Waals surface area contributed by atoms with Crippen molar-refractivity contribution in [3.63, 3.8) is 0 Å². The topological polar surface area (TPSA) is 53.9 Å². The minimum atomic E-state index is 0.134. The first-order valence-electron chi connectivity index (χ1n) is 5.14. The van der Waals surface area contributed by atoms with E-state index in [4.69, 9.17) is 23.4 Å². The highest BCUT2D eigenvalue weighted by Gasteiger charge is 2.10. The lowest BCUT2D eigenvalue weighted by molar-refractivity contribution is 0.848. The number of halogens is 2. The first-order chi connectivity index (χ1) is 7.52. The van der Waals surface area contributed by atoms with Crippen LogP contribution in [0.5, 0.6) is 0 Å². The van der Waals surface area contributed by atoms with Gasteiger partial charge in [0.2, 0.25) is 17.2 Å². The number of anilines is 2. The Morgan fingerprint density at radius 3 is 2.56 bits per heavy atom. The predicted molar refractivity (Wildman–Crippen MR) is 67.1 cm³/mol. The fraction of sp³-hybridized carbons (Fsp3) is 0.667. The van der Waals surface area contributed by atoms with Crippen molar-refractivity contribution in [2.45, 2.75) is 33.2 Å². The van der Waals surface area contributed by atoms with E-state index < -0.39 is 0 Å². The third kappa shape index (κ3) is 3.98. The molecule has 0 aliphatic carbocycles. The summed E-state index contributed by atoms with van der Waals surface area (Å²) in [7, 11) is 0. The molecule has 0 amide bonds. The zero-order chi connectivity index (χ0) is 12.1. The molecule has 0 aliphatic rings. The number of hydrogen-bond acceptors (Lipinski definition) is 5. The summed E-state index contributed by atoms with van der Waals surface area (Å²) in [6, 6.07) is 0.223. The highest BCUT2D eigenvalue weighted by Crippen LogP contribution is 2.16. The molecule has 0 saturated carbocycles. The molecule has 1 N–H and O–H groups in total. The van der Waals surface area contributed by atoms with E-state index in [1.165, 1.54) is 4.42 Å². The quantitative estimate of drug-likeness (QED) is 0.828. The molecule has 0 atom stereocenters. The lowest BCUT2D eigenvalue weighted by atomic mass is 10.4. The minimum absolute atomic E-state index is 0.134. The lowest BCUT2D eigenvalue weighted by Crippen LogP contribution is -2.18. The van der Waals surface area contributed by atoms with E-state index >= 15 is 0 Å². The highest BCUT2D eigenvalue weighted by molar-refractivity contribution is 6.29. The maximum Gasteiger partial charge on any atom is 0.246 e. The molecule has 5 nitrogen and oxygen atoms in total. The van der Waals surface area contributed by atoms with Crippen molar-refractivity contribution >= 4 is 35.3 Å². The van der Waals surface area contributed by atoms with Gasteiger partial charge in [-0.3, -0.25) is 4.42 Å². The van der Waals surface area contributed by atoms with Crippen LogP contribution in [0.4, 0.5) is 11.9 Å². The number of hydrogen-bond donors (Lipinski definition) is 1. The molecule has 0 aliphatic heterocycles. The van der Waals surface area contributed by atoms with Gasteiger partial charge in [-0.25, -0.2) is 0 Å². The van der Waals surface area contributed by atoms with Crippen LogP contribution in [0.15, 0.2) is 0 Å². The van der Waals surface area contributed by atoms with Crippen LogP contribution in [0.1, 0.15) is 27.2 Å². The molecule has 0 fully saturated rings. The van der Waals surface area contributed by atoms with Crippen LogP contribution in [-0.4, -0.2) is 27.5 Å². The first kappa shape index (κ1) is 13.3. The molecule has 0 spiro atoms. The normalized spacial score (nSPS) is 10.6. The van der Waals surface area contributed by atoms with Crippen molar-refractivity contribution in [1.82, 2.24) is 15.0 Å². The maximum absolute atomic E-state index is 5.98. The predicted octanol–water partition coefficient (Wildman–Crippen LogP) is 2.72. The maximum atomic E-state index is 5.98. The fourth-order valence-corrected chi connectivity index (χ4v) is 1.47. The third-order valence-corrected chi connectivity index (χ3v) is 2.14. The van der Waals surface area contributed by atoms with Crippen molar-refractivity contribution < 1.29 is 0 Å². The second-order valence-corrected chi connectivity index (χ2v) is 4.36. The Balaban J connectivity index is 2.89. The van der Waals surface area contributed by atoms with Crippen LogP contribution in [0, 0.1) is 0 Å². The van der Waals surface area contributed by atoms with Gasteiger partial charge in [-0.05, 0) is 31.9 Å². The van der Waals surface area contributed by atoms with Gasteiger partial charge in [-0.1, -0.05) is 6.92 Å². The third-order valence-electron chi connectivity index (χ3n) is 1.65. The van der Waals surface area contributed by atoms with E-state index in [0.717, 1.165) is 6.42 Å². The zero-order valence-corrected chi connectivity index (χ0v) is 11.0. The molecule has 90 valence electrons. The fourth-order valence-electron chi connectivity index (χ4n) is 1.07. The van der Waals surface area contributed by atoms with Gasteiger partial charge in [0.05, 0.1) is 0 Å². The summed E-state index contributed by atoms with van der Waals surface area (Å²) in [5.74, 6) is 0.804. The van der Waals surface area contributed by atoms with Crippen molar-refractivity contribution in [2.24, 2.45) is 0 Å². The Labute approximate surface area is 105 Å². The summed E-state index contributed by atoms with van der Waals surface area (Å²) in [6.07, 6.45) is 0.903. The summed E-state index contributed by atoms with van der Waals surface area (Å²) in [6.45, 7) is 6.65. The average molecular weight is 264 g/mol. The van der Waals surface area contributed by atoms with Gasteiger partial charge in [0.15, 0.2) is 0 Å². The Morgan fingerprint density at radius 1 is 1.31 bits per heavy atom. The smallest absolute Gasteiger partial charge is 0.246 e. The molecule has 1 aromatic heterocycles. The van der Waals surface area contributed by atoms with E-state index in [0.29, 0.717) is 18.4 Å². The van der Waals surface area contributed by atoms with Crippen LogP contribution >= 0.6 is 23.4 Å². The number of nitrogens with one attached hydrogen (secondary N) is 1. The van der Waals surface area contributed by atoms with Crippen LogP contribution in [0.2, 0.25) is 5.28 Å². The van der Waals surface area contributed by atoms with Gasteiger partial charge in [-0.2, -0.15) is 15.0 Å². The second-order valence-electron chi connectivity index (χ2n) is 3.61. The summed E-state index contributed by atoms with van der Waals surface area (Å²) >= 11 is 11.8. The molecule has 0 bridgehead atoms. The minimum Gasteiger partial charge on any atom is -0.352 e.